The van der Waals surface area contributed by atoms with E-state index in [1.54, 1.807) is 6.07 Å². The van der Waals surface area contributed by atoms with Gasteiger partial charge in [0.2, 0.25) is 0 Å². The maximum atomic E-state index is 12.0. The summed E-state index contributed by atoms with van der Waals surface area (Å²) in [6.07, 6.45) is 3.47. The van der Waals surface area contributed by atoms with Gasteiger partial charge in [-0.05, 0) is 41.3 Å². The molecule has 0 aromatic carbocycles. The molecule has 2 aliphatic heterocycles. The number of fused-ring (bicyclic) bond motifs is 2. The zero-order chi connectivity index (χ0) is 12.0. The molecule has 2 N–H and O–H groups in total. The fourth-order valence-corrected chi connectivity index (χ4v) is 4.29. The van der Waals surface area contributed by atoms with Gasteiger partial charge in [0.15, 0.2) is 0 Å². The van der Waals surface area contributed by atoms with Gasteiger partial charge in [0.25, 0.3) is 5.91 Å². The van der Waals surface area contributed by atoms with E-state index in [9.17, 15) is 4.79 Å². The summed E-state index contributed by atoms with van der Waals surface area (Å²) in [5.74, 6) is -0.0121. The highest BCUT2D eigenvalue weighted by molar-refractivity contribution is 9.10. The third kappa shape index (κ3) is 2.26. The summed E-state index contributed by atoms with van der Waals surface area (Å²) in [5.41, 5.74) is 0. The Morgan fingerprint density at radius 2 is 2.41 bits per heavy atom. The number of thiophene rings is 1. The molecule has 3 heterocycles. The molecule has 0 saturated carbocycles. The Hall–Kier alpha value is -0.100. The molecule has 0 aliphatic carbocycles. The van der Waals surface area contributed by atoms with Gasteiger partial charge >= 0.3 is 0 Å². The fraction of sp³-hybridized carbons (Fsp3) is 0.545. The second-order valence-corrected chi connectivity index (χ2v) is 7.10. The van der Waals surface area contributed by atoms with Crippen molar-refractivity contribution in [2.75, 3.05) is 0 Å². The topological polar surface area (TPSA) is 41.1 Å². The van der Waals surface area contributed by atoms with Crippen LogP contribution in [0.2, 0.25) is 4.34 Å². The number of carbonyl (C=O) groups excluding carboxylic acids is 1. The Morgan fingerprint density at radius 3 is 2.94 bits per heavy atom. The first-order valence-electron chi connectivity index (χ1n) is 5.65. The first-order chi connectivity index (χ1) is 8.13. The van der Waals surface area contributed by atoms with Crippen molar-refractivity contribution < 1.29 is 4.79 Å². The van der Waals surface area contributed by atoms with E-state index in [0.29, 0.717) is 21.3 Å². The van der Waals surface area contributed by atoms with Crippen LogP contribution >= 0.6 is 38.9 Å². The average molecular weight is 336 g/mol. The van der Waals surface area contributed by atoms with Crippen LogP contribution in [-0.4, -0.2) is 24.0 Å². The number of hydrogen-bond acceptors (Lipinski definition) is 3. The summed E-state index contributed by atoms with van der Waals surface area (Å²) >= 11 is 10.6. The summed E-state index contributed by atoms with van der Waals surface area (Å²) in [5, 5.41) is 6.60. The van der Waals surface area contributed by atoms with E-state index in [1.165, 1.54) is 24.2 Å². The lowest BCUT2D eigenvalue weighted by Gasteiger charge is -2.20. The lowest BCUT2D eigenvalue weighted by molar-refractivity contribution is 0.0935. The largest absolute Gasteiger partial charge is 0.347 e. The van der Waals surface area contributed by atoms with Crippen LogP contribution in [-0.2, 0) is 0 Å². The minimum atomic E-state index is -0.0121. The summed E-state index contributed by atoms with van der Waals surface area (Å²) < 4.78 is 1.42. The van der Waals surface area contributed by atoms with Crippen molar-refractivity contribution in [2.45, 2.75) is 37.4 Å². The monoisotopic (exact) mass is 334 g/mol. The molecule has 1 aromatic heterocycles. The second-order valence-electron chi connectivity index (χ2n) is 4.60. The number of carbonyl (C=O) groups is 1. The van der Waals surface area contributed by atoms with Crippen molar-refractivity contribution in [1.29, 1.82) is 0 Å². The average Bonchev–Trinajstić information content (AvgIpc) is 2.95. The van der Waals surface area contributed by atoms with E-state index in [1.807, 2.05) is 0 Å². The summed E-state index contributed by atoms with van der Waals surface area (Å²) in [4.78, 5) is 12.7. The fourth-order valence-electron chi connectivity index (χ4n) is 2.68. The van der Waals surface area contributed by atoms with Crippen LogP contribution < -0.4 is 10.6 Å². The number of nitrogens with one attached hydrogen (secondary N) is 2. The van der Waals surface area contributed by atoms with Crippen LogP contribution in [0.25, 0.3) is 0 Å². The molecular weight excluding hydrogens is 324 g/mol. The van der Waals surface area contributed by atoms with Gasteiger partial charge in [-0.25, -0.2) is 0 Å². The second kappa shape index (κ2) is 4.53. The number of rotatable bonds is 2. The summed E-state index contributed by atoms with van der Waals surface area (Å²) in [6, 6.07) is 3.12. The Balaban J connectivity index is 1.67. The highest BCUT2D eigenvalue weighted by atomic mass is 79.9. The molecule has 17 heavy (non-hydrogen) atoms. The molecule has 2 bridgehead atoms. The van der Waals surface area contributed by atoms with Gasteiger partial charge in [-0.2, -0.15) is 0 Å². The maximum Gasteiger partial charge on any atom is 0.261 e. The van der Waals surface area contributed by atoms with Gasteiger partial charge in [0.1, 0.15) is 4.34 Å². The summed E-state index contributed by atoms with van der Waals surface area (Å²) in [7, 11) is 0. The maximum absolute atomic E-state index is 12.0. The molecule has 1 aromatic rings. The first kappa shape index (κ1) is 12.0. The molecule has 0 radical (unpaired) electrons. The van der Waals surface area contributed by atoms with Gasteiger partial charge in [0, 0.05) is 22.6 Å². The van der Waals surface area contributed by atoms with Gasteiger partial charge in [-0.1, -0.05) is 11.6 Å². The SMILES string of the molecule is O=C(NC1CC2CCC1N2)c1cc(Br)c(Cl)s1. The predicted octanol–water partition coefficient (Wildman–Crippen LogP) is 2.79. The Kier molecular flexibility index (Phi) is 3.19. The number of halogens is 2. The van der Waals surface area contributed by atoms with E-state index in [2.05, 4.69) is 26.6 Å². The van der Waals surface area contributed by atoms with Crippen LogP contribution in [0.1, 0.15) is 28.9 Å². The van der Waals surface area contributed by atoms with Gasteiger partial charge in [-0.3, -0.25) is 4.79 Å². The standard InChI is InChI=1S/C11H12BrClN2OS/c12-6-4-9(17-10(6)13)11(16)15-8-3-5-1-2-7(8)14-5/h4-5,7-8,14H,1-3H2,(H,15,16). The zero-order valence-corrected chi connectivity index (χ0v) is 12.2. The third-order valence-corrected chi connectivity index (χ3v) is 5.96. The van der Waals surface area contributed by atoms with E-state index >= 15 is 0 Å². The van der Waals surface area contributed by atoms with Crippen molar-refractivity contribution in [2.24, 2.45) is 0 Å². The Labute approximate surface area is 117 Å². The van der Waals surface area contributed by atoms with Gasteiger partial charge < -0.3 is 10.6 Å². The molecule has 92 valence electrons. The third-order valence-electron chi connectivity index (χ3n) is 3.49. The van der Waals surface area contributed by atoms with E-state index in [4.69, 9.17) is 11.6 Å². The van der Waals surface area contributed by atoms with E-state index < -0.39 is 0 Å². The van der Waals surface area contributed by atoms with Crippen molar-refractivity contribution in [1.82, 2.24) is 10.6 Å². The normalized spacial score (nSPS) is 30.8. The smallest absolute Gasteiger partial charge is 0.261 e. The summed E-state index contributed by atoms with van der Waals surface area (Å²) in [6.45, 7) is 0. The molecular formula is C11H12BrClN2OS. The minimum absolute atomic E-state index is 0.0121. The predicted molar refractivity (Wildman–Crippen MR) is 72.8 cm³/mol. The Morgan fingerprint density at radius 1 is 1.59 bits per heavy atom. The molecule has 3 unspecified atom stereocenters. The molecule has 0 spiro atoms. The quantitative estimate of drug-likeness (QED) is 0.872. The molecule has 2 saturated heterocycles. The van der Waals surface area contributed by atoms with Gasteiger partial charge in [-0.15, -0.1) is 11.3 Å². The van der Waals surface area contributed by atoms with Crippen molar-refractivity contribution in [3.8, 4) is 0 Å². The highest BCUT2D eigenvalue weighted by Gasteiger charge is 2.39. The van der Waals surface area contributed by atoms with Crippen LogP contribution in [0, 0.1) is 0 Å². The van der Waals surface area contributed by atoms with Crippen molar-refractivity contribution >= 4 is 44.8 Å². The molecule has 2 aliphatic rings. The molecule has 6 heteroatoms. The lowest BCUT2D eigenvalue weighted by Crippen LogP contribution is -2.42. The van der Waals surface area contributed by atoms with E-state index in [0.717, 1.165) is 10.9 Å². The first-order valence-corrected chi connectivity index (χ1v) is 7.64. The van der Waals surface area contributed by atoms with Crippen molar-refractivity contribution in [3.63, 3.8) is 0 Å². The van der Waals surface area contributed by atoms with Crippen LogP contribution in [0.15, 0.2) is 10.5 Å². The zero-order valence-electron chi connectivity index (χ0n) is 9.00. The van der Waals surface area contributed by atoms with Crippen LogP contribution in [0.4, 0.5) is 0 Å². The number of amides is 1. The van der Waals surface area contributed by atoms with Crippen LogP contribution in [0.3, 0.4) is 0 Å². The molecule has 3 atom stereocenters. The highest BCUT2D eigenvalue weighted by Crippen LogP contribution is 2.33. The van der Waals surface area contributed by atoms with Crippen molar-refractivity contribution in [3.05, 3.63) is 19.8 Å². The minimum Gasteiger partial charge on any atom is -0.347 e. The molecule has 1 amide bonds. The molecule has 2 fully saturated rings. The lowest BCUT2D eigenvalue weighted by atomic mass is 9.95. The van der Waals surface area contributed by atoms with Gasteiger partial charge in [0.05, 0.1) is 4.88 Å². The molecule has 3 nitrogen and oxygen atoms in total. The number of hydrogen-bond donors (Lipinski definition) is 2. The molecule has 3 rings (SSSR count). The Bertz CT molecular complexity index is 445. The van der Waals surface area contributed by atoms with E-state index in [-0.39, 0.29) is 11.9 Å². The van der Waals surface area contributed by atoms with Crippen LogP contribution in [0.5, 0.6) is 0 Å².